The third-order valence-electron chi connectivity index (χ3n) is 4.31. The number of ether oxygens (including phenoxy) is 1. The van der Waals surface area contributed by atoms with Crippen molar-refractivity contribution in [1.82, 2.24) is 14.9 Å². The van der Waals surface area contributed by atoms with Crippen LogP contribution < -0.4 is 4.74 Å². The molecular formula is C21H24N4OS. The first-order valence-corrected chi connectivity index (χ1v) is 9.25. The molecule has 27 heavy (non-hydrogen) atoms. The molecule has 3 rings (SSSR count). The number of hydrogen-bond donors (Lipinski definition) is 1. The first-order valence-electron chi connectivity index (χ1n) is 8.84. The number of nitrogens with one attached hydrogen (secondary N) is 1. The zero-order valence-corrected chi connectivity index (χ0v) is 16.9. The molecule has 5 nitrogen and oxygen atoms in total. The molecule has 3 aromatic rings. The number of rotatable bonds is 5. The number of aryl methyl sites for hydroxylation is 1. The Hall–Kier alpha value is -2.73. The standard InChI is InChI=1S/C21H24N4OS/c1-15-7-5-6-8-16(15)13-22-25-19(23-24-20(25)27)14-26-18-11-9-17(10-12-18)21(2,3)4/h5-13H,14H2,1-4H3,(H,24,27)/b22-13-. The van der Waals surface area contributed by atoms with Crippen LogP contribution in [0.25, 0.3) is 0 Å². The van der Waals surface area contributed by atoms with E-state index in [1.807, 2.05) is 43.3 Å². The van der Waals surface area contributed by atoms with Crippen molar-refractivity contribution in [2.45, 2.75) is 39.7 Å². The lowest BCUT2D eigenvalue weighted by atomic mass is 9.87. The van der Waals surface area contributed by atoms with Gasteiger partial charge in [0, 0.05) is 0 Å². The van der Waals surface area contributed by atoms with Crippen molar-refractivity contribution in [3.8, 4) is 5.75 Å². The highest BCUT2D eigenvalue weighted by Gasteiger charge is 2.13. The molecule has 0 unspecified atom stereocenters. The number of aromatic amines is 1. The van der Waals surface area contributed by atoms with Crippen LogP contribution in [0.5, 0.6) is 5.75 Å². The van der Waals surface area contributed by atoms with Gasteiger partial charge >= 0.3 is 0 Å². The molecule has 0 spiro atoms. The summed E-state index contributed by atoms with van der Waals surface area (Å²) in [6.45, 7) is 8.88. The Kier molecular flexibility index (Phi) is 5.56. The van der Waals surface area contributed by atoms with E-state index in [2.05, 4.69) is 48.2 Å². The maximum atomic E-state index is 5.87. The van der Waals surface area contributed by atoms with E-state index in [0.29, 0.717) is 10.6 Å². The summed E-state index contributed by atoms with van der Waals surface area (Å²) in [6, 6.07) is 16.2. The molecule has 1 heterocycles. The van der Waals surface area contributed by atoms with Crippen LogP contribution in [0.4, 0.5) is 0 Å². The van der Waals surface area contributed by atoms with E-state index in [9.17, 15) is 0 Å². The summed E-state index contributed by atoms with van der Waals surface area (Å²) < 4.78 is 7.89. The fraction of sp³-hybridized carbons (Fsp3) is 0.286. The summed E-state index contributed by atoms with van der Waals surface area (Å²) in [7, 11) is 0. The Balaban J connectivity index is 1.73. The van der Waals surface area contributed by atoms with Gasteiger partial charge in [0.25, 0.3) is 0 Å². The minimum absolute atomic E-state index is 0.116. The number of hydrogen-bond acceptors (Lipinski definition) is 4. The number of H-pyrrole nitrogens is 1. The Labute approximate surface area is 164 Å². The molecule has 0 saturated carbocycles. The summed E-state index contributed by atoms with van der Waals surface area (Å²) in [5, 5.41) is 11.5. The highest BCUT2D eigenvalue weighted by molar-refractivity contribution is 7.71. The van der Waals surface area contributed by atoms with Crippen molar-refractivity contribution >= 4 is 18.4 Å². The molecule has 0 aliphatic heterocycles. The fourth-order valence-electron chi connectivity index (χ4n) is 2.59. The molecule has 0 amide bonds. The lowest BCUT2D eigenvalue weighted by molar-refractivity contribution is 0.290. The van der Waals surface area contributed by atoms with Crippen LogP contribution in [-0.4, -0.2) is 21.1 Å². The van der Waals surface area contributed by atoms with Gasteiger partial charge in [-0.1, -0.05) is 57.2 Å². The molecule has 2 aromatic carbocycles. The van der Waals surface area contributed by atoms with E-state index in [1.54, 1.807) is 10.9 Å². The van der Waals surface area contributed by atoms with E-state index in [4.69, 9.17) is 17.0 Å². The van der Waals surface area contributed by atoms with Crippen LogP contribution in [0, 0.1) is 11.7 Å². The molecule has 140 valence electrons. The normalized spacial score (nSPS) is 11.9. The van der Waals surface area contributed by atoms with Crippen LogP contribution in [0.1, 0.15) is 43.3 Å². The van der Waals surface area contributed by atoms with Gasteiger partial charge in [-0.2, -0.15) is 14.9 Å². The van der Waals surface area contributed by atoms with E-state index < -0.39 is 0 Å². The molecular weight excluding hydrogens is 356 g/mol. The summed E-state index contributed by atoms with van der Waals surface area (Å²) >= 11 is 5.29. The Morgan fingerprint density at radius 1 is 1.15 bits per heavy atom. The first-order chi connectivity index (χ1) is 12.8. The van der Waals surface area contributed by atoms with Crippen LogP contribution in [-0.2, 0) is 12.0 Å². The molecule has 0 radical (unpaired) electrons. The molecule has 0 aliphatic carbocycles. The second kappa shape index (κ2) is 7.88. The predicted molar refractivity (Wildman–Crippen MR) is 111 cm³/mol. The zero-order valence-electron chi connectivity index (χ0n) is 16.1. The van der Waals surface area contributed by atoms with E-state index in [0.717, 1.165) is 16.9 Å². The Morgan fingerprint density at radius 2 is 1.85 bits per heavy atom. The van der Waals surface area contributed by atoms with Crippen molar-refractivity contribution in [3.05, 3.63) is 75.8 Å². The molecule has 1 N–H and O–H groups in total. The molecule has 0 bridgehead atoms. The van der Waals surface area contributed by atoms with Gasteiger partial charge in [0.2, 0.25) is 4.77 Å². The minimum atomic E-state index is 0.116. The highest BCUT2D eigenvalue weighted by atomic mass is 32.1. The van der Waals surface area contributed by atoms with Crippen LogP contribution in [0.15, 0.2) is 53.6 Å². The SMILES string of the molecule is Cc1ccccc1/C=N\n1c(COc2ccc(C(C)(C)C)cc2)n[nH]c1=S. The highest BCUT2D eigenvalue weighted by Crippen LogP contribution is 2.24. The summed E-state index contributed by atoms with van der Waals surface area (Å²) in [5.74, 6) is 1.40. The Bertz CT molecular complexity index is 994. The van der Waals surface area contributed by atoms with Crippen molar-refractivity contribution < 1.29 is 4.74 Å². The molecule has 1 aromatic heterocycles. The van der Waals surface area contributed by atoms with Crippen LogP contribution in [0.3, 0.4) is 0 Å². The third-order valence-corrected chi connectivity index (χ3v) is 4.57. The zero-order chi connectivity index (χ0) is 19.4. The molecule has 0 saturated heterocycles. The van der Waals surface area contributed by atoms with Gasteiger partial charge in [0.05, 0.1) is 6.21 Å². The van der Waals surface area contributed by atoms with Crippen molar-refractivity contribution in [2.24, 2.45) is 5.10 Å². The number of nitrogens with zero attached hydrogens (tertiary/aromatic N) is 3. The van der Waals surface area contributed by atoms with Crippen molar-refractivity contribution in [3.63, 3.8) is 0 Å². The first kappa shape index (κ1) is 19.0. The topological polar surface area (TPSA) is 55.2 Å². The van der Waals surface area contributed by atoms with Crippen molar-refractivity contribution in [1.29, 1.82) is 0 Å². The third kappa shape index (κ3) is 4.71. The fourth-order valence-corrected chi connectivity index (χ4v) is 2.79. The second-order valence-corrected chi connectivity index (χ2v) is 7.81. The van der Waals surface area contributed by atoms with Gasteiger partial charge < -0.3 is 4.74 Å². The van der Waals surface area contributed by atoms with E-state index in [1.165, 1.54) is 5.56 Å². The average Bonchev–Trinajstić information content (AvgIpc) is 2.99. The molecule has 0 fully saturated rings. The smallest absolute Gasteiger partial charge is 0.216 e. The van der Waals surface area contributed by atoms with Crippen LogP contribution in [0.2, 0.25) is 0 Å². The van der Waals surface area contributed by atoms with Gasteiger partial charge in [-0.25, -0.2) is 5.10 Å². The summed E-state index contributed by atoms with van der Waals surface area (Å²) in [4.78, 5) is 0. The summed E-state index contributed by atoms with van der Waals surface area (Å²) in [6.07, 6.45) is 1.78. The lowest BCUT2D eigenvalue weighted by Gasteiger charge is -2.19. The van der Waals surface area contributed by atoms with Gasteiger partial charge in [0.1, 0.15) is 12.4 Å². The largest absolute Gasteiger partial charge is 0.486 e. The van der Waals surface area contributed by atoms with Gasteiger partial charge in [-0.05, 0) is 53.4 Å². The number of aromatic nitrogens is 3. The van der Waals surface area contributed by atoms with Gasteiger partial charge in [-0.3, -0.25) is 0 Å². The van der Waals surface area contributed by atoms with Gasteiger partial charge in [0.15, 0.2) is 5.82 Å². The average molecular weight is 381 g/mol. The maximum Gasteiger partial charge on any atom is 0.216 e. The predicted octanol–water partition coefficient (Wildman–Crippen LogP) is 5.01. The van der Waals surface area contributed by atoms with Crippen LogP contribution >= 0.6 is 12.2 Å². The molecule has 6 heteroatoms. The Morgan fingerprint density at radius 3 is 2.52 bits per heavy atom. The second-order valence-electron chi connectivity index (χ2n) is 7.42. The maximum absolute atomic E-state index is 5.87. The number of benzene rings is 2. The quantitative estimate of drug-likeness (QED) is 0.500. The minimum Gasteiger partial charge on any atom is -0.486 e. The van der Waals surface area contributed by atoms with Crippen molar-refractivity contribution in [2.75, 3.05) is 0 Å². The molecule has 0 aliphatic rings. The monoisotopic (exact) mass is 380 g/mol. The molecule has 0 atom stereocenters. The van der Waals surface area contributed by atoms with Gasteiger partial charge in [-0.15, -0.1) is 0 Å². The lowest BCUT2D eigenvalue weighted by Crippen LogP contribution is -2.10. The van der Waals surface area contributed by atoms with E-state index >= 15 is 0 Å². The summed E-state index contributed by atoms with van der Waals surface area (Å²) in [5.41, 5.74) is 3.56. The van der Waals surface area contributed by atoms with E-state index in [-0.39, 0.29) is 12.0 Å².